The summed E-state index contributed by atoms with van der Waals surface area (Å²) in [5, 5.41) is -0.970. The number of hydrogen-bond acceptors (Lipinski definition) is 1. The highest BCUT2D eigenvalue weighted by atomic mass is 35.5. The lowest BCUT2D eigenvalue weighted by atomic mass is 10.1. The van der Waals surface area contributed by atoms with Gasteiger partial charge in [0.15, 0.2) is 0 Å². The third kappa shape index (κ3) is 3.75. The van der Waals surface area contributed by atoms with Crippen LogP contribution in [-0.4, -0.2) is 15.5 Å². The molecule has 3 rings (SSSR count). The van der Waals surface area contributed by atoms with Gasteiger partial charge >= 0.3 is 8.41 Å². The van der Waals surface area contributed by atoms with Crippen LogP contribution in [0.2, 0.25) is 0 Å². The molecule has 5 heteroatoms. The second kappa shape index (κ2) is 8.29. The second-order valence-corrected chi connectivity index (χ2v) is 10.1. The van der Waals surface area contributed by atoms with Crippen molar-refractivity contribution in [3.8, 4) is 5.75 Å². The highest BCUT2D eigenvalue weighted by Gasteiger charge is 2.46. The van der Waals surface area contributed by atoms with Crippen molar-refractivity contribution in [3.05, 3.63) is 97.1 Å². The van der Waals surface area contributed by atoms with E-state index in [1.807, 2.05) is 12.1 Å². The third-order valence-corrected chi connectivity index (χ3v) is 8.53. The number of rotatable bonds is 7. The summed E-state index contributed by atoms with van der Waals surface area (Å²) in [5.74, 6) is 0.419. The van der Waals surface area contributed by atoms with Crippen LogP contribution < -0.4 is 20.3 Å². The Bertz CT molecular complexity index is 906. The van der Waals surface area contributed by atoms with Crippen LogP contribution in [0.15, 0.2) is 91.5 Å². The van der Waals surface area contributed by atoms with Crippen LogP contribution >= 0.6 is 11.6 Å². The summed E-state index contributed by atoms with van der Waals surface area (Å²) >= 11 is 6.24. The maximum atomic E-state index is 17.1. The average Bonchev–Trinajstić information content (AvgIpc) is 2.74. The number of allylic oxidation sites excluding steroid dienone is 1. The van der Waals surface area contributed by atoms with E-state index in [0.717, 1.165) is 0 Å². The van der Waals surface area contributed by atoms with Crippen molar-refractivity contribution in [1.82, 2.24) is 0 Å². The predicted octanol–water partition coefficient (Wildman–Crippen LogP) is 4.57. The Kier molecular flexibility index (Phi) is 6.01. The van der Waals surface area contributed by atoms with Gasteiger partial charge in [0.25, 0.3) is 0 Å². The SMILES string of the molecule is C=CCC(F)(Cl)c1cc(OC)ccc1[Si](F)(c1ccccc1)c1ccccc1. The number of ether oxygens (including phenoxy) is 1. The van der Waals surface area contributed by atoms with Gasteiger partial charge in [0.05, 0.1) is 7.11 Å². The van der Waals surface area contributed by atoms with Crippen LogP contribution in [0.4, 0.5) is 8.50 Å². The lowest BCUT2D eigenvalue weighted by Crippen LogP contribution is -2.65. The molecule has 3 aromatic carbocycles. The van der Waals surface area contributed by atoms with Crippen molar-refractivity contribution in [2.75, 3.05) is 7.11 Å². The number of methoxy groups -OCH3 is 1. The molecule has 144 valence electrons. The fraction of sp³-hybridized carbons (Fsp3) is 0.130. The second-order valence-electron chi connectivity index (χ2n) is 6.50. The van der Waals surface area contributed by atoms with Crippen LogP contribution in [0.25, 0.3) is 0 Å². The molecule has 0 heterocycles. The van der Waals surface area contributed by atoms with E-state index < -0.39 is 13.5 Å². The molecule has 3 aromatic rings. The van der Waals surface area contributed by atoms with Crippen molar-refractivity contribution >= 4 is 35.6 Å². The quantitative estimate of drug-likeness (QED) is 0.181. The maximum Gasteiger partial charge on any atom is 0.339 e. The Morgan fingerprint density at radius 3 is 2.00 bits per heavy atom. The lowest BCUT2D eigenvalue weighted by molar-refractivity contribution is 0.287. The predicted molar refractivity (Wildman–Crippen MR) is 115 cm³/mol. The zero-order valence-electron chi connectivity index (χ0n) is 15.5. The molecule has 0 spiro atoms. The maximum absolute atomic E-state index is 17.1. The van der Waals surface area contributed by atoms with E-state index in [9.17, 15) is 0 Å². The summed E-state index contributed by atoms with van der Waals surface area (Å²) in [7, 11) is -2.53. The first-order valence-corrected chi connectivity index (χ1v) is 11.2. The van der Waals surface area contributed by atoms with Gasteiger partial charge in [-0.2, -0.15) is 0 Å². The van der Waals surface area contributed by atoms with Crippen molar-refractivity contribution < 1.29 is 13.2 Å². The van der Waals surface area contributed by atoms with E-state index >= 15 is 8.50 Å². The molecule has 0 aromatic heterocycles. The monoisotopic (exact) mass is 414 g/mol. The van der Waals surface area contributed by atoms with Crippen molar-refractivity contribution in [2.24, 2.45) is 0 Å². The fourth-order valence-electron chi connectivity index (χ4n) is 3.36. The smallest absolute Gasteiger partial charge is 0.339 e. The standard InChI is InChI=1S/C23H21ClF2OSi/c1-3-16-23(24,25)21-17-18(27-2)14-15-22(21)28(26,19-10-6-4-7-11-19)20-12-8-5-9-13-20/h3-15,17H,1,16H2,2H3. The zero-order valence-corrected chi connectivity index (χ0v) is 17.3. The Labute approximate surface area is 170 Å². The molecule has 0 saturated heterocycles. The molecular weight excluding hydrogens is 394 g/mol. The summed E-state index contributed by atoms with van der Waals surface area (Å²) in [6, 6.07) is 22.5. The Morgan fingerprint density at radius 1 is 1.00 bits per heavy atom. The molecule has 0 aliphatic heterocycles. The fourth-order valence-corrected chi connectivity index (χ4v) is 6.92. The number of alkyl halides is 2. The first-order chi connectivity index (χ1) is 13.4. The van der Waals surface area contributed by atoms with Gasteiger partial charge < -0.3 is 4.74 Å². The van der Waals surface area contributed by atoms with Gasteiger partial charge in [-0.25, -0.2) is 4.39 Å². The van der Waals surface area contributed by atoms with E-state index in [-0.39, 0.29) is 17.2 Å². The van der Waals surface area contributed by atoms with Gasteiger partial charge in [0.2, 0.25) is 5.13 Å². The molecule has 0 aliphatic rings. The van der Waals surface area contributed by atoms with Crippen LogP contribution in [0.1, 0.15) is 12.0 Å². The normalized spacial score (nSPS) is 13.6. The minimum absolute atomic E-state index is 0.0790. The van der Waals surface area contributed by atoms with Crippen molar-refractivity contribution in [1.29, 1.82) is 0 Å². The summed E-state index contributed by atoms with van der Waals surface area (Å²) in [5.41, 5.74) is 0.0790. The van der Waals surface area contributed by atoms with Crippen LogP contribution in [0.5, 0.6) is 5.75 Å². The minimum atomic E-state index is -4.01. The number of benzene rings is 3. The van der Waals surface area contributed by atoms with Crippen LogP contribution in [-0.2, 0) is 5.13 Å². The highest BCUT2D eigenvalue weighted by Crippen LogP contribution is 2.36. The number of hydrogen-bond donors (Lipinski definition) is 0. The summed E-state index contributed by atoms with van der Waals surface area (Å²) in [6.45, 7) is 3.58. The molecule has 1 unspecified atom stereocenters. The molecule has 28 heavy (non-hydrogen) atoms. The molecule has 1 nitrogen and oxygen atoms in total. The van der Waals surface area contributed by atoms with E-state index in [4.69, 9.17) is 16.3 Å². The molecular formula is C23H21ClF2OSi. The summed E-state index contributed by atoms with van der Waals surface area (Å²) in [6.07, 6.45) is 1.24. The van der Waals surface area contributed by atoms with Gasteiger partial charge in [0.1, 0.15) is 5.75 Å². The van der Waals surface area contributed by atoms with Gasteiger partial charge in [-0.3, -0.25) is 4.11 Å². The van der Waals surface area contributed by atoms with Crippen molar-refractivity contribution in [2.45, 2.75) is 11.5 Å². The Morgan fingerprint density at radius 2 is 1.54 bits per heavy atom. The molecule has 1 atom stereocenters. The van der Waals surface area contributed by atoms with Gasteiger partial charge in [-0.1, -0.05) is 84.4 Å². The van der Waals surface area contributed by atoms with Gasteiger partial charge in [-0.15, -0.1) is 6.58 Å². The summed E-state index contributed by atoms with van der Waals surface area (Å²) < 4.78 is 37.8. The summed E-state index contributed by atoms with van der Waals surface area (Å²) in [4.78, 5) is 0. The topological polar surface area (TPSA) is 9.23 Å². The molecule has 0 amide bonds. The first-order valence-electron chi connectivity index (χ1n) is 8.91. The first kappa shape index (κ1) is 20.3. The molecule has 0 aliphatic carbocycles. The lowest BCUT2D eigenvalue weighted by Gasteiger charge is -2.30. The molecule has 0 fully saturated rings. The highest BCUT2D eigenvalue weighted by molar-refractivity contribution is 7.07. The van der Waals surface area contributed by atoms with E-state index in [1.165, 1.54) is 19.3 Å². The molecule has 0 bridgehead atoms. The van der Waals surface area contributed by atoms with Crippen molar-refractivity contribution in [3.63, 3.8) is 0 Å². The van der Waals surface area contributed by atoms with E-state index in [2.05, 4.69) is 6.58 Å². The largest absolute Gasteiger partial charge is 0.497 e. The van der Waals surface area contributed by atoms with E-state index in [0.29, 0.717) is 16.1 Å². The zero-order chi connectivity index (χ0) is 20.2. The van der Waals surface area contributed by atoms with Gasteiger partial charge in [0, 0.05) is 12.0 Å². The minimum Gasteiger partial charge on any atom is -0.497 e. The van der Waals surface area contributed by atoms with Crippen LogP contribution in [0.3, 0.4) is 0 Å². The van der Waals surface area contributed by atoms with Gasteiger partial charge in [-0.05, 0) is 27.7 Å². The number of halogens is 3. The Hall–Kier alpha value is -2.43. The Balaban J connectivity index is 2.34. The molecule has 0 radical (unpaired) electrons. The van der Waals surface area contributed by atoms with Crippen LogP contribution in [0, 0.1) is 0 Å². The molecule has 0 N–H and O–H groups in total. The molecule has 0 saturated carbocycles. The average molecular weight is 415 g/mol. The van der Waals surface area contributed by atoms with E-state index in [1.54, 1.807) is 60.7 Å². The third-order valence-electron chi connectivity index (χ3n) is 4.74.